The second-order valence-electron chi connectivity index (χ2n) is 7.39. The fourth-order valence-electron chi connectivity index (χ4n) is 3.53. The standard InChI is InChI=1S/C23H15F4N7O/c24-19-11-16(6-7-20(19)33-14-28-13-30-33)31-21(35)18-12-29-34(22(18)32-8-1-2-9-32)17-5-3-4-15(10-17)23(25,26)27/h1-14H,(H,31,35). The van der Waals surface area contributed by atoms with Crippen molar-refractivity contribution in [1.82, 2.24) is 29.1 Å². The largest absolute Gasteiger partial charge is 0.416 e. The van der Waals surface area contributed by atoms with Crippen LogP contribution in [0.4, 0.5) is 23.2 Å². The van der Waals surface area contributed by atoms with Crippen molar-refractivity contribution in [2.45, 2.75) is 6.18 Å². The molecule has 0 aliphatic rings. The second kappa shape index (κ2) is 8.56. The Morgan fingerprint density at radius 1 is 0.971 bits per heavy atom. The molecule has 0 atom stereocenters. The van der Waals surface area contributed by atoms with Crippen LogP contribution in [0.1, 0.15) is 15.9 Å². The predicted molar refractivity (Wildman–Crippen MR) is 117 cm³/mol. The van der Waals surface area contributed by atoms with Gasteiger partial charge in [-0.1, -0.05) is 6.07 Å². The number of carbonyl (C=O) groups excluding carboxylic acids is 1. The molecular formula is C23H15F4N7O. The minimum atomic E-state index is -4.54. The van der Waals surface area contributed by atoms with Crippen LogP contribution in [0, 0.1) is 5.82 Å². The molecule has 0 radical (unpaired) electrons. The maximum Gasteiger partial charge on any atom is 0.416 e. The van der Waals surface area contributed by atoms with E-state index in [-0.39, 0.29) is 28.4 Å². The maximum atomic E-state index is 14.6. The summed E-state index contributed by atoms with van der Waals surface area (Å²) in [6.45, 7) is 0. The first-order valence-electron chi connectivity index (χ1n) is 10.2. The van der Waals surface area contributed by atoms with Crippen molar-refractivity contribution < 1.29 is 22.4 Å². The third-order valence-electron chi connectivity index (χ3n) is 5.13. The Labute approximate surface area is 195 Å². The van der Waals surface area contributed by atoms with Crippen LogP contribution in [0.3, 0.4) is 0 Å². The van der Waals surface area contributed by atoms with Gasteiger partial charge in [0, 0.05) is 18.1 Å². The van der Waals surface area contributed by atoms with Crippen LogP contribution in [0.5, 0.6) is 0 Å². The van der Waals surface area contributed by atoms with Crippen LogP contribution < -0.4 is 5.32 Å². The van der Waals surface area contributed by atoms with E-state index in [1.54, 1.807) is 29.1 Å². The first-order chi connectivity index (χ1) is 16.8. The Morgan fingerprint density at radius 3 is 2.46 bits per heavy atom. The third kappa shape index (κ3) is 4.28. The van der Waals surface area contributed by atoms with Gasteiger partial charge in [-0.3, -0.25) is 4.79 Å². The molecular weight excluding hydrogens is 466 g/mol. The van der Waals surface area contributed by atoms with Crippen molar-refractivity contribution >= 4 is 11.6 Å². The molecule has 0 fully saturated rings. The van der Waals surface area contributed by atoms with E-state index in [9.17, 15) is 22.4 Å². The lowest BCUT2D eigenvalue weighted by atomic mass is 10.2. The van der Waals surface area contributed by atoms with Gasteiger partial charge in [0.15, 0.2) is 11.6 Å². The van der Waals surface area contributed by atoms with Gasteiger partial charge in [0.25, 0.3) is 5.91 Å². The number of halogens is 4. The van der Waals surface area contributed by atoms with E-state index < -0.39 is 23.5 Å². The van der Waals surface area contributed by atoms with Gasteiger partial charge in [-0.15, -0.1) is 0 Å². The van der Waals surface area contributed by atoms with E-state index in [1.807, 2.05) is 0 Å². The van der Waals surface area contributed by atoms with Crippen molar-refractivity contribution in [3.05, 3.63) is 103 Å². The van der Waals surface area contributed by atoms with Crippen LogP contribution in [-0.2, 0) is 6.18 Å². The molecule has 3 heterocycles. The topological polar surface area (TPSA) is 82.6 Å². The van der Waals surface area contributed by atoms with E-state index in [0.717, 1.165) is 18.2 Å². The first kappa shape index (κ1) is 22.1. The fourth-order valence-corrected chi connectivity index (χ4v) is 3.53. The minimum absolute atomic E-state index is 0.0689. The van der Waals surface area contributed by atoms with Crippen LogP contribution in [0.25, 0.3) is 17.2 Å². The molecule has 0 aliphatic heterocycles. The average molecular weight is 481 g/mol. The molecule has 1 amide bonds. The Kier molecular flexibility index (Phi) is 5.40. The van der Waals surface area contributed by atoms with Gasteiger partial charge in [-0.25, -0.2) is 18.7 Å². The normalized spacial score (nSPS) is 11.5. The van der Waals surface area contributed by atoms with Crippen LogP contribution in [0.15, 0.2) is 85.8 Å². The monoisotopic (exact) mass is 481 g/mol. The van der Waals surface area contributed by atoms with Crippen molar-refractivity contribution in [3.8, 4) is 17.2 Å². The van der Waals surface area contributed by atoms with E-state index in [0.29, 0.717) is 0 Å². The predicted octanol–water partition coefficient (Wildman–Crippen LogP) is 4.65. The average Bonchev–Trinajstić information content (AvgIpc) is 3.60. The SMILES string of the molecule is O=C(Nc1ccc(-n2cncn2)c(F)c1)c1cnn(-c2cccc(C(F)(F)F)c2)c1-n1cccc1. The Morgan fingerprint density at radius 2 is 1.77 bits per heavy atom. The number of rotatable bonds is 5. The maximum absolute atomic E-state index is 14.6. The highest BCUT2D eigenvalue weighted by atomic mass is 19.4. The number of anilines is 1. The van der Waals surface area contributed by atoms with E-state index >= 15 is 0 Å². The van der Waals surface area contributed by atoms with E-state index in [2.05, 4.69) is 20.5 Å². The molecule has 8 nitrogen and oxygen atoms in total. The lowest BCUT2D eigenvalue weighted by Crippen LogP contribution is -2.16. The summed E-state index contributed by atoms with van der Waals surface area (Å²) < 4.78 is 58.3. The minimum Gasteiger partial charge on any atom is -0.322 e. The number of hydrogen-bond donors (Lipinski definition) is 1. The fraction of sp³-hybridized carbons (Fsp3) is 0.0435. The van der Waals surface area contributed by atoms with E-state index in [1.165, 1.54) is 52.5 Å². The quantitative estimate of drug-likeness (QED) is 0.371. The second-order valence-corrected chi connectivity index (χ2v) is 7.39. The summed E-state index contributed by atoms with van der Waals surface area (Å²) >= 11 is 0. The summed E-state index contributed by atoms with van der Waals surface area (Å²) in [4.78, 5) is 16.9. The van der Waals surface area contributed by atoms with Crippen LogP contribution in [0.2, 0.25) is 0 Å². The summed E-state index contributed by atoms with van der Waals surface area (Å²) in [6.07, 6.45) is 2.56. The van der Waals surface area contributed by atoms with Crippen molar-refractivity contribution in [2.24, 2.45) is 0 Å². The van der Waals surface area contributed by atoms with Crippen molar-refractivity contribution in [1.29, 1.82) is 0 Å². The third-order valence-corrected chi connectivity index (χ3v) is 5.13. The molecule has 0 bridgehead atoms. The summed E-state index contributed by atoms with van der Waals surface area (Å²) in [6, 6.07) is 12.1. The zero-order valence-corrected chi connectivity index (χ0v) is 17.7. The highest BCUT2D eigenvalue weighted by Crippen LogP contribution is 2.31. The summed E-state index contributed by atoms with van der Waals surface area (Å²) in [5.41, 5.74) is -0.351. The molecule has 1 N–H and O–H groups in total. The number of hydrogen-bond acceptors (Lipinski definition) is 4. The number of carbonyl (C=O) groups is 1. The van der Waals surface area contributed by atoms with E-state index in [4.69, 9.17) is 0 Å². The first-order valence-corrected chi connectivity index (χ1v) is 10.2. The number of amides is 1. The molecule has 0 spiro atoms. The number of nitrogens with zero attached hydrogens (tertiary/aromatic N) is 6. The molecule has 176 valence electrons. The highest BCUT2D eigenvalue weighted by Gasteiger charge is 2.31. The summed E-state index contributed by atoms with van der Waals surface area (Å²) in [5.74, 6) is -1.05. The molecule has 0 unspecified atom stereocenters. The Bertz CT molecular complexity index is 1490. The Hall–Kier alpha value is -4.74. The number of alkyl halides is 3. The molecule has 5 aromatic rings. The highest BCUT2D eigenvalue weighted by molar-refractivity contribution is 6.06. The molecule has 0 aliphatic carbocycles. The Balaban J connectivity index is 1.51. The van der Waals surface area contributed by atoms with Crippen LogP contribution >= 0.6 is 0 Å². The molecule has 3 aromatic heterocycles. The molecule has 35 heavy (non-hydrogen) atoms. The van der Waals surface area contributed by atoms with Gasteiger partial charge in [0.1, 0.15) is 23.9 Å². The number of aromatic nitrogens is 6. The lowest BCUT2D eigenvalue weighted by molar-refractivity contribution is -0.137. The van der Waals surface area contributed by atoms with Gasteiger partial charge in [0.05, 0.1) is 17.4 Å². The number of nitrogens with one attached hydrogen (secondary N) is 1. The van der Waals surface area contributed by atoms with Crippen molar-refractivity contribution in [2.75, 3.05) is 5.32 Å². The molecule has 2 aromatic carbocycles. The molecule has 12 heteroatoms. The zero-order chi connectivity index (χ0) is 24.6. The molecule has 0 saturated heterocycles. The van der Waals surface area contributed by atoms with Gasteiger partial charge in [-0.2, -0.15) is 23.4 Å². The smallest absolute Gasteiger partial charge is 0.322 e. The van der Waals surface area contributed by atoms with Gasteiger partial charge in [0.2, 0.25) is 0 Å². The van der Waals surface area contributed by atoms with Crippen LogP contribution in [-0.4, -0.2) is 35.0 Å². The van der Waals surface area contributed by atoms with Gasteiger partial charge in [-0.05, 0) is 48.5 Å². The summed E-state index contributed by atoms with van der Waals surface area (Å²) in [7, 11) is 0. The molecule has 0 saturated carbocycles. The summed E-state index contributed by atoms with van der Waals surface area (Å²) in [5, 5.41) is 10.6. The lowest BCUT2D eigenvalue weighted by Gasteiger charge is -2.13. The number of benzene rings is 2. The molecule has 5 rings (SSSR count). The zero-order valence-electron chi connectivity index (χ0n) is 17.7. The van der Waals surface area contributed by atoms with Gasteiger partial charge >= 0.3 is 6.18 Å². The van der Waals surface area contributed by atoms with Gasteiger partial charge < -0.3 is 9.88 Å². The van der Waals surface area contributed by atoms with Crippen molar-refractivity contribution in [3.63, 3.8) is 0 Å².